The van der Waals surface area contributed by atoms with Gasteiger partial charge in [0.25, 0.3) is 0 Å². The predicted molar refractivity (Wildman–Crippen MR) is 103 cm³/mol. The van der Waals surface area contributed by atoms with Gasteiger partial charge in [-0.2, -0.15) is 5.26 Å². The molecule has 0 aliphatic carbocycles. The lowest BCUT2D eigenvalue weighted by molar-refractivity contribution is -0.00737. The largest absolute Gasteiger partial charge is 0.384 e. The molecule has 1 atom stereocenters. The Morgan fingerprint density at radius 2 is 1.85 bits per heavy atom. The molecule has 6 heteroatoms. The van der Waals surface area contributed by atoms with Gasteiger partial charge in [0.15, 0.2) is 5.60 Å². The summed E-state index contributed by atoms with van der Waals surface area (Å²) in [7, 11) is 0. The third-order valence-electron chi connectivity index (χ3n) is 4.47. The molecule has 26 heavy (non-hydrogen) atoms. The van der Waals surface area contributed by atoms with Gasteiger partial charge < -0.3 is 4.84 Å². The lowest BCUT2D eigenvalue weighted by Crippen LogP contribution is -2.22. The van der Waals surface area contributed by atoms with Gasteiger partial charge in [-0.1, -0.05) is 34.4 Å². The first-order chi connectivity index (χ1) is 12.5. The molecular weight excluding hydrogens is 369 g/mol. The van der Waals surface area contributed by atoms with Crippen LogP contribution in [0, 0.1) is 11.3 Å². The zero-order valence-corrected chi connectivity index (χ0v) is 15.3. The lowest BCUT2D eigenvalue weighted by atomic mass is 9.89. The third-order valence-corrected chi connectivity index (χ3v) is 4.91. The third kappa shape index (κ3) is 3.01. The summed E-state index contributed by atoms with van der Waals surface area (Å²) in [5.41, 5.74) is 3.24. The summed E-state index contributed by atoms with van der Waals surface area (Å²) in [4.78, 5) is 10.1. The number of fused-ring (bicyclic) bond motifs is 1. The van der Waals surface area contributed by atoms with Crippen LogP contribution in [0.1, 0.15) is 30.2 Å². The van der Waals surface area contributed by atoms with E-state index in [2.05, 4.69) is 16.2 Å². The van der Waals surface area contributed by atoms with E-state index in [0.717, 1.165) is 27.7 Å². The molecule has 1 aliphatic heterocycles. The molecule has 4 nitrogen and oxygen atoms in total. The molecule has 128 valence electrons. The fourth-order valence-corrected chi connectivity index (χ4v) is 3.60. The van der Waals surface area contributed by atoms with Crippen LogP contribution < -0.4 is 0 Å². The minimum atomic E-state index is -0.623. The van der Waals surface area contributed by atoms with Crippen LogP contribution in [0.2, 0.25) is 10.0 Å². The summed E-state index contributed by atoms with van der Waals surface area (Å²) in [5.74, 6) is 0. The van der Waals surface area contributed by atoms with Gasteiger partial charge in [0.05, 0.1) is 11.2 Å². The molecule has 3 aromatic rings. The van der Waals surface area contributed by atoms with E-state index in [1.54, 1.807) is 12.1 Å². The molecule has 1 unspecified atom stereocenters. The van der Waals surface area contributed by atoms with E-state index >= 15 is 0 Å². The Morgan fingerprint density at radius 1 is 1.08 bits per heavy atom. The average Bonchev–Trinajstić information content (AvgIpc) is 3.04. The number of pyridine rings is 1. The van der Waals surface area contributed by atoms with Gasteiger partial charge >= 0.3 is 0 Å². The van der Waals surface area contributed by atoms with Gasteiger partial charge in [-0.3, -0.25) is 0 Å². The van der Waals surface area contributed by atoms with Crippen molar-refractivity contribution < 1.29 is 4.84 Å². The number of oxime groups is 1. The summed E-state index contributed by atoms with van der Waals surface area (Å²) in [5, 5.41) is 15.3. The first-order valence-electron chi connectivity index (χ1n) is 8.00. The maximum atomic E-state index is 8.96. The Balaban J connectivity index is 1.66. The Bertz CT molecular complexity index is 1080. The SMILES string of the molecule is CC1(c2cc(Cl)cc(Cl)c2)CC(c2ccc3nc(C#N)ccc3c2)=NO1. The van der Waals surface area contributed by atoms with E-state index < -0.39 is 5.60 Å². The van der Waals surface area contributed by atoms with E-state index in [0.29, 0.717) is 22.2 Å². The van der Waals surface area contributed by atoms with Gasteiger partial charge in [0, 0.05) is 33.0 Å². The zero-order valence-electron chi connectivity index (χ0n) is 13.8. The van der Waals surface area contributed by atoms with Crippen LogP contribution in [-0.2, 0) is 10.4 Å². The highest BCUT2D eigenvalue weighted by molar-refractivity contribution is 6.34. The molecule has 1 aliphatic rings. The van der Waals surface area contributed by atoms with Crippen LogP contribution in [0.4, 0.5) is 0 Å². The highest BCUT2D eigenvalue weighted by Gasteiger charge is 2.37. The summed E-state index contributed by atoms with van der Waals surface area (Å²) in [6.07, 6.45) is 0.596. The smallest absolute Gasteiger partial charge is 0.165 e. The number of halogens is 2. The molecule has 0 amide bonds. The molecule has 0 N–H and O–H groups in total. The Morgan fingerprint density at radius 3 is 2.58 bits per heavy atom. The van der Waals surface area contributed by atoms with Crippen LogP contribution in [0.5, 0.6) is 0 Å². The second kappa shape index (κ2) is 6.28. The van der Waals surface area contributed by atoms with Crippen molar-refractivity contribution in [1.29, 1.82) is 5.26 Å². The number of hydrogen-bond donors (Lipinski definition) is 0. The molecule has 0 spiro atoms. The van der Waals surface area contributed by atoms with Gasteiger partial charge in [-0.25, -0.2) is 4.98 Å². The van der Waals surface area contributed by atoms with Crippen molar-refractivity contribution in [3.8, 4) is 6.07 Å². The van der Waals surface area contributed by atoms with Gasteiger partial charge in [-0.15, -0.1) is 0 Å². The van der Waals surface area contributed by atoms with Crippen molar-refractivity contribution in [2.75, 3.05) is 0 Å². The zero-order chi connectivity index (χ0) is 18.3. The van der Waals surface area contributed by atoms with Gasteiger partial charge in [0.1, 0.15) is 11.8 Å². The van der Waals surface area contributed by atoms with Crippen LogP contribution in [-0.4, -0.2) is 10.7 Å². The van der Waals surface area contributed by atoms with E-state index in [9.17, 15) is 0 Å². The Kier molecular flexibility index (Phi) is 4.07. The number of aromatic nitrogens is 1. The first-order valence-corrected chi connectivity index (χ1v) is 8.75. The molecule has 2 aromatic carbocycles. The molecule has 4 rings (SSSR count). The molecule has 0 saturated heterocycles. The van der Waals surface area contributed by atoms with Crippen LogP contribution in [0.3, 0.4) is 0 Å². The normalized spacial score (nSPS) is 19.1. The van der Waals surface area contributed by atoms with Gasteiger partial charge in [0.2, 0.25) is 0 Å². The van der Waals surface area contributed by atoms with Crippen molar-refractivity contribution in [3.05, 3.63) is 75.4 Å². The van der Waals surface area contributed by atoms with Crippen molar-refractivity contribution in [2.24, 2.45) is 5.16 Å². The predicted octanol–water partition coefficient (Wildman–Crippen LogP) is 5.45. The number of benzene rings is 2. The van der Waals surface area contributed by atoms with Crippen molar-refractivity contribution >= 4 is 39.8 Å². The monoisotopic (exact) mass is 381 g/mol. The molecule has 2 heterocycles. The van der Waals surface area contributed by atoms with Crippen molar-refractivity contribution in [2.45, 2.75) is 18.9 Å². The van der Waals surface area contributed by atoms with Crippen LogP contribution >= 0.6 is 23.2 Å². The number of rotatable bonds is 2. The number of nitriles is 1. The van der Waals surface area contributed by atoms with Gasteiger partial charge in [-0.05, 0) is 49.4 Å². The van der Waals surface area contributed by atoms with Crippen LogP contribution in [0.15, 0.2) is 53.7 Å². The number of hydrogen-bond acceptors (Lipinski definition) is 4. The molecule has 0 saturated carbocycles. The minimum Gasteiger partial charge on any atom is -0.384 e. The maximum Gasteiger partial charge on any atom is 0.165 e. The molecule has 1 aromatic heterocycles. The molecule has 0 fully saturated rings. The van der Waals surface area contributed by atoms with E-state index in [4.69, 9.17) is 33.3 Å². The summed E-state index contributed by atoms with van der Waals surface area (Å²) in [6.45, 7) is 1.97. The molecule has 0 radical (unpaired) electrons. The van der Waals surface area contributed by atoms with Crippen molar-refractivity contribution in [3.63, 3.8) is 0 Å². The Labute approximate surface area is 160 Å². The molecule has 0 bridgehead atoms. The van der Waals surface area contributed by atoms with Crippen LogP contribution in [0.25, 0.3) is 10.9 Å². The summed E-state index contributed by atoms with van der Waals surface area (Å²) in [6, 6.07) is 16.9. The first kappa shape index (κ1) is 16.8. The number of nitrogens with zero attached hydrogens (tertiary/aromatic N) is 3. The minimum absolute atomic E-state index is 0.400. The van der Waals surface area contributed by atoms with E-state index in [1.807, 2.05) is 43.3 Å². The topological polar surface area (TPSA) is 58.3 Å². The Hall–Kier alpha value is -2.61. The lowest BCUT2D eigenvalue weighted by Gasteiger charge is -2.22. The quantitative estimate of drug-likeness (QED) is 0.592. The fourth-order valence-electron chi connectivity index (χ4n) is 3.08. The average molecular weight is 382 g/mol. The van der Waals surface area contributed by atoms with Crippen molar-refractivity contribution in [1.82, 2.24) is 4.98 Å². The highest BCUT2D eigenvalue weighted by Crippen LogP contribution is 2.38. The van der Waals surface area contributed by atoms with E-state index in [-0.39, 0.29) is 0 Å². The second-order valence-electron chi connectivity index (χ2n) is 6.41. The molecular formula is C20H13Cl2N3O. The van der Waals surface area contributed by atoms with E-state index in [1.165, 1.54) is 0 Å². The fraction of sp³-hybridized carbons (Fsp3) is 0.150. The highest BCUT2D eigenvalue weighted by atomic mass is 35.5. The summed E-state index contributed by atoms with van der Waals surface area (Å²) < 4.78 is 0. The standard InChI is InChI=1S/C20H13Cl2N3O/c1-20(14-7-15(21)9-16(22)8-14)10-19(25-26-20)13-3-5-18-12(6-13)2-4-17(11-23)24-18/h2-9H,10H2,1H3. The second-order valence-corrected chi connectivity index (χ2v) is 7.28. The maximum absolute atomic E-state index is 8.96. The summed E-state index contributed by atoms with van der Waals surface area (Å²) >= 11 is 12.3.